The van der Waals surface area contributed by atoms with Crippen LogP contribution in [0.4, 0.5) is 0 Å². The number of carbonyl (C=O) groups excluding carboxylic acids is 1. The topological polar surface area (TPSA) is 58.1 Å². The normalized spacial score (nSPS) is 14.8. The molecule has 0 aliphatic carbocycles. The molecule has 0 bridgehead atoms. The molecule has 1 saturated heterocycles. The standard InChI is InChI=1S/C22H23N3O2S/c26-20(24-13-5-1-2-6-14-24)17-11-9-16(10-12-17)15-25-21(27)18-7-3-4-8-19(18)23-22(25)28/h3-4,7-12H,1-2,5-6,13-15H2,(H,23,28). The smallest absolute Gasteiger partial charge is 0.262 e. The first-order valence-corrected chi connectivity index (χ1v) is 10.1. The van der Waals surface area contributed by atoms with Crippen molar-refractivity contribution in [2.75, 3.05) is 13.1 Å². The van der Waals surface area contributed by atoms with E-state index in [1.165, 1.54) is 12.8 Å². The van der Waals surface area contributed by atoms with Gasteiger partial charge >= 0.3 is 0 Å². The number of benzene rings is 2. The van der Waals surface area contributed by atoms with E-state index in [-0.39, 0.29) is 11.5 Å². The molecule has 0 saturated carbocycles. The maximum Gasteiger partial charge on any atom is 0.262 e. The molecular formula is C22H23N3O2S. The molecule has 1 N–H and O–H groups in total. The van der Waals surface area contributed by atoms with Gasteiger partial charge in [-0.1, -0.05) is 37.1 Å². The fourth-order valence-electron chi connectivity index (χ4n) is 3.73. The average Bonchev–Trinajstić information content (AvgIpc) is 3.01. The van der Waals surface area contributed by atoms with Gasteiger partial charge in [0, 0.05) is 18.7 Å². The number of rotatable bonds is 3. The summed E-state index contributed by atoms with van der Waals surface area (Å²) in [5, 5.41) is 0.615. The summed E-state index contributed by atoms with van der Waals surface area (Å²) < 4.78 is 1.96. The Morgan fingerprint density at radius 2 is 1.64 bits per heavy atom. The zero-order valence-corrected chi connectivity index (χ0v) is 16.5. The third kappa shape index (κ3) is 3.78. The Labute approximate surface area is 168 Å². The summed E-state index contributed by atoms with van der Waals surface area (Å²) in [5.41, 5.74) is 2.27. The molecule has 1 fully saturated rings. The Morgan fingerprint density at radius 1 is 0.964 bits per heavy atom. The van der Waals surface area contributed by atoms with Crippen LogP contribution < -0.4 is 5.56 Å². The molecule has 5 nitrogen and oxygen atoms in total. The highest BCUT2D eigenvalue weighted by Crippen LogP contribution is 2.15. The van der Waals surface area contributed by atoms with Gasteiger partial charge in [-0.3, -0.25) is 14.2 Å². The lowest BCUT2D eigenvalue weighted by Gasteiger charge is -2.20. The van der Waals surface area contributed by atoms with Crippen LogP contribution >= 0.6 is 12.2 Å². The van der Waals surface area contributed by atoms with Gasteiger partial charge in [0.15, 0.2) is 4.77 Å². The van der Waals surface area contributed by atoms with E-state index in [1.807, 2.05) is 47.4 Å². The lowest BCUT2D eigenvalue weighted by molar-refractivity contribution is 0.0761. The first kappa shape index (κ1) is 18.6. The van der Waals surface area contributed by atoms with Crippen LogP contribution in [0.5, 0.6) is 0 Å². The highest BCUT2D eigenvalue weighted by molar-refractivity contribution is 7.71. The monoisotopic (exact) mass is 393 g/mol. The molecule has 0 atom stereocenters. The molecule has 1 aliphatic rings. The van der Waals surface area contributed by atoms with Crippen LogP contribution in [0.25, 0.3) is 10.9 Å². The van der Waals surface area contributed by atoms with Crippen LogP contribution in [-0.4, -0.2) is 33.4 Å². The van der Waals surface area contributed by atoms with Gasteiger partial charge in [-0.2, -0.15) is 0 Å². The Kier molecular flexibility index (Phi) is 5.39. The Morgan fingerprint density at radius 3 is 2.36 bits per heavy atom. The second kappa shape index (κ2) is 8.10. The maximum absolute atomic E-state index is 12.8. The predicted octanol–water partition coefficient (Wildman–Crippen LogP) is 4.12. The Hall–Kier alpha value is -2.73. The van der Waals surface area contributed by atoms with Crippen molar-refractivity contribution in [3.63, 3.8) is 0 Å². The van der Waals surface area contributed by atoms with E-state index < -0.39 is 0 Å². The van der Waals surface area contributed by atoms with Gasteiger partial charge in [0.05, 0.1) is 17.4 Å². The summed E-state index contributed by atoms with van der Waals surface area (Å²) in [7, 11) is 0. The minimum Gasteiger partial charge on any atom is -0.339 e. The number of para-hydroxylation sites is 1. The zero-order valence-electron chi connectivity index (χ0n) is 15.7. The van der Waals surface area contributed by atoms with E-state index in [0.717, 1.165) is 37.0 Å². The molecule has 3 aromatic rings. The third-order valence-electron chi connectivity index (χ3n) is 5.32. The minimum atomic E-state index is -0.107. The highest BCUT2D eigenvalue weighted by atomic mass is 32.1. The van der Waals surface area contributed by atoms with Crippen molar-refractivity contribution in [2.24, 2.45) is 0 Å². The van der Waals surface area contributed by atoms with Crippen LogP contribution in [0, 0.1) is 4.77 Å². The molecule has 6 heteroatoms. The van der Waals surface area contributed by atoms with Gasteiger partial charge in [-0.15, -0.1) is 0 Å². The van der Waals surface area contributed by atoms with Gasteiger partial charge in [-0.05, 0) is 54.9 Å². The number of nitrogens with one attached hydrogen (secondary N) is 1. The van der Waals surface area contributed by atoms with Crippen molar-refractivity contribution in [3.05, 3.63) is 74.8 Å². The highest BCUT2D eigenvalue weighted by Gasteiger charge is 2.17. The number of aromatic amines is 1. The molecule has 2 heterocycles. The van der Waals surface area contributed by atoms with E-state index in [1.54, 1.807) is 10.6 Å². The van der Waals surface area contributed by atoms with Crippen LogP contribution in [0.2, 0.25) is 0 Å². The SMILES string of the molecule is O=C(c1ccc(Cn2c(=S)[nH]c3ccccc3c2=O)cc1)N1CCCCCC1. The number of aromatic nitrogens is 2. The predicted molar refractivity (Wildman–Crippen MR) is 113 cm³/mol. The van der Waals surface area contributed by atoms with Gasteiger partial charge < -0.3 is 9.88 Å². The number of hydrogen-bond acceptors (Lipinski definition) is 3. The van der Waals surface area contributed by atoms with E-state index in [0.29, 0.717) is 22.3 Å². The molecule has 0 radical (unpaired) electrons. The first-order valence-electron chi connectivity index (χ1n) is 9.73. The lowest BCUT2D eigenvalue weighted by atomic mass is 10.1. The van der Waals surface area contributed by atoms with E-state index >= 15 is 0 Å². The number of H-pyrrole nitrogens is 1. The van der Waals surface area contributed by atoms with Crippen molar-refractivity contribution in [2.45, 2.75) is 32.2 Å². The van der Waals surface area contributed by atoms with Crippen LogP contribution in [0.3, 0.4) is 0 Å². The zero-order chi connectivity index (χ0) is 19.5. The lowest BCUT2D eigenvalue weighted by Crippen LogP contribution is -2.31. The summed E-state index contributed by atoms with van der Waals surface area (Å²) in [6, 6.07) is 14.9. The molecule has 28 heavy (non-hydrogen) atoms. The second-order valence-corrected chi connectivity index (χ2v) is 7.66. The van der Waals surface area contributed by atoms with Gasteiger partial charge in [0.25, 0.3) is 11.5 Å². The van der Waals surface area contributed by atoms with Crippen LogP contribution in [0.1, 0.15) is 41.6 Å². The Balaban J connectivity index is 1.57. The quantitative estimate of drug-likeness (QED) is 0.681. The number of nitrogens with zero attached hydrogens (tertiary/aromatic N) is 2. The average molecular weight is 394 g/mol. The fraction of sp³-hybridized carbons (Fsp3) is 0.318. The molecule has 0 unspecified atom stereocenters. The Bertz CT molecular complexity index is 1110. The van der Waals surface area contributed by atoms with Crippen LogP contribution in [-0.2, 0) is 6.54 Å². The number of carbonyl (C=O) groups is 1. The summed E-state index contributed by atoms with van der Waals surface area (Å²) in [5.74, 6) is 0.0913. The first-order chi connectivity index (χ1) is 13.6. The third-order valence-corrected chi connectivity index (χ3v) is 5.65. The fourth-order valence-corrected chi connectivity index (χ4v) is 3.99. The van der Waals surface area contributed by atoms with Gasteiger partial charge in [0.1, 0.15) is 0 Å². The summed E-state index contributed by atoms with van der Waals surface area (Å²) in [6.45, 7) is 2.04. The van der Waals surface area contributed by atoms with Gasteiger partial charge in [-0.25, -0.2) is 0 Å². The van der Waals surface area contributed by atoms with Crippen molar-refractivity contribution >= 4 is 29.0 Å². The number of likely N-dealkylation sites (tertiary alicyclic amines) is 1. The van der Waals surface area contributed by atoms with E-state index in [2.05, 4.69) is 4.98 Å². The van der Waals surface area contributed by atoms with Crippen molar-refractivity contribution in [1.82, 2.24) is 14.5 Å². The van der Waals surface area contributed by atoms with E-state index in [4.69, 9.17) is 12.2 Å². The second-order valence-electron chi connectivity index (χ2n) is 7.27. The molecule has 4 rings (SSSR count). The van der Waals surface area contributed by atoms with Crippen molar-refractivity contribution in [1.29, 1.82) is 0 Å². The van der Waals surface area contributed by atoms with Crippen molar-refractivity contribution in [3.8, 4) is 0 Å². The molecular weight excluding hydrogens is 370 g/mol. The van der Waals surface area contributed by atoms with Crippen molar-refractivity contribution < 1.29 is 4.79 Å². The molecule has 144 valence electrons. The maximum atomic E-state index is 12.8. The van der Waals surface area contributed by atoms with Gasteiger partial charge in [0.2, 0.25) is 0 Å². The molecule has 1 aromatic heterocycles. The van der Waals surface area contributed by atoms with E-state index in [9.17, 15) is 9.59 Å². The summed E-state index contributed by atoms with van der Waals surface area (Å²) in [6.07, 6.45) is 4.55. The molecule has 1 aliphatic heterocycles. The number of hydrogen-bond donors (Lipinski definition) is 1. The molecule has 1 amide bonds. The summed E-state index contributed by atoms with van der Waals surface area (Å²) >= 11 is 5.38. The summed E-state index contributed by atoms with van der Waals surface area (Å²) in [4.78, 5) is 30.6. The molecule has 0 spiro atoms. The number of amides is 1. The minimum absolute atomic E-state index is 0.0913. The molecule has 2 aromatic carbocycles. The largest absolute Gasteiger partial charge is 0.339 e. The van der Waals surface area contributed by atoms with Crippen LogP contribution in [0.15, 0.2) is 53.3 Å². The number of fused-ring (bicyclic) bond motifs is 1.